The molecule has 0 aromatic heterocycles. The zero-order valence-electron chi connectivity index (χ0n) is 16.0. The van der Waals surface area contributed by atoms with Crippen LogP contribution in [0.25, 0.3) is 0 Å². The molecule has 29 heavy (non-hydrogen) atoms. The first-order chi connectivity index (χ1) is 13.9. The molecule has 2 amide bonds. The maximum atomic E-state index is 12.6. The van der Waals surface area contributed by atoms with Crippen molar-refractivity contribution in [3.05, 3.63) is 57.2 Å². The summed E-state index contributed by atoms with van der Waals surface area (Å²) in [6.07, 6.45) is 1.17. The van der Waals surface area contributed by atoms with Gasteiger partial charge in [0.2, 0.25) is 0 Å². The minimum Gasteiger partial charge on any atom is -0.492 e. The van der Waals surface area contributed by atoms with Crippen molar-refractivity contribution in [2.45, 2.75) is 32.2 Å². The van der Waals surface area contributed by atoms with Crippen LogP contribution < -0.4 is 15.4 Å². The molecule has 0 bridgehead atoms. The molecule has 0 aliphatic rings. The number of hydrogen-bond donors (Lipinski definition) is 3. The Morgan fingerprint density at radius 2 is 1.93 bits per heavy atom. The Morgan fingerprint density at radius 1 is 1.21 bits per heavy atom. The van der Waals surface area contributed by atoms with Crippen LogP contribution in [0.1, 0.15) is 35.7 Å². The van der Waals surface area contributed by atoms with Crippen molar-refractivity contribution in [1.82, 2.24) is 5.32 Å². The Balaban J connectivity index is 2.03. The van der Waals surface area contributed by atoms with Crippen LogP contribution in [0.2, 0.25) is 0 Å². The molecule has 8 heteroatoms. The molecule has 1 atom stereocenters. The molecule has 7 nitrogen and oxygen atoms in total. The summed E-state index contributed by atoms with van der Waals surface area (Å²) in [6.45, 7) is 2.64. The quantitative estimate of drug-likeness (QED) is 0.330. The van der Waals surface area contributed by atoms with Crippen LogP contribution in [0.15, 0.2) is 42.5 Å². The first-order valence-corrected chi connectivity index (χ1v) is 10.3. The molecule has 154 valence electrons. The highest BCUT2D eigenvalue weighted by Crippen LogP contribution is 2.22. The summed E-state index contributed by atoms with van der Waals surface area (Å²) in [5, 5.41) is 13.9. The molecule has 2 aromatic carbocycles. The van der Waals surface area contributed by atoms with Gasteiger partial charge < -0.3 is 20.0 Å². The highest BCUT2D eigenvalue weighted by atomic mass is 127. The maximum Gasteiger partial charge on any atom is 0.409 e. The van der Waals surface area contributed by atoms with Crippen molar-refractivity contribution >= 4 is 46.6 Å². The number of benzene rings is 2. The summed E-state index contributed by atoms with van der Waals surface area (Å²) in [6, 6.07) is 11.7. The van der Waals surface area contributed by atoms with E-state index in [2.05, 4.69) is 33.2 Å². The molecular weight excluding hydrogens is 487 g/mol. The lowest BCUT2D eigenvalue weighted by molar-refractivity contribution is -0.108. The van der Waals surface area contributed by atoms with Gasteiger partial charge in [-0.1, -0.05) is 19.1 Å². The minimum absolute atomic E-state index is 0.176. The van der Waals surface area contributed by atoms with Gasteiger partial charge in [0.05, 0.1) is 10.2 Å². The molecule has 0 spiro atoms. The number of hydrogen-bond acceptors (Lipinski definition) is 4. The van der Waals surface area contributed by atoms with Crippen LogP contribution in [0, 0.1) is 3.57 Å². The van der Waals surface area contributed by atoms with E-state index in [1.165, 1.54) is 0 Å². The topological polar surface area (TPSA) is 105 Å². The summed E-state index contributed by atoms with van der Waals surface area (Å²) >= 11 is 2.13. The fourth-order valence-corrected chi connectivity index (χ4v) is 3.35. The molecule has 3 N–H and O–H groups in total. The van der Waals surface area contributed by atoms with Gasteiger partial charge >= 0.3 is 6.09 Å². The first-order valence-electron chi connectivity index (χ1n) is 9.18. The van der Waals surface area contributed by atoms with Gasteiger partial charge in [0.15, 0.2) is 0 Å². The van der Waals surface area contributed by atoms with E-state index in [9.17, 15) is 14.4 Å². The van der Waals surface area contributed by atoms with Gasteiger partial charge in [0.25, 0.3) is 5.91 Å². The standard InChI is InChI=1S/C21H23IN2O5/c1-2-11-29-19-8-5-15(13-18(19)22)20(26)23-17(9-10-25)12-14-3-6-16(7-4-14)24-21(27)28/h3-8,10,13,17,24H,2,9,11-12H2,1H3,(H,23,26)(H,27,28)/t17-/m1/s1. The van der Waals surface area contributed by atoms with Crippen molar-refractivity contribution in [3.63, 3.8) is 0 Å². The molecule has 2 aromatic rings. The highest BCUT2D eigenvalue weighted by Gasteiger charge is 2.16. The second-order valence-electron chi connectivity index (χ2n) is 6.40. The molecule has 0 saturated carbocycles. The number of aldehydes is 1. The number of carboxylic acid groups (broad SMARTS) is 1. The Kier molecular flexibility index (Phi) is 8.91. The van der Waals surface area contributed by atoms with Crippen molar-refractivity contribution in [2.24, 2.45) is 0 Å². The molecule has 0 aliphatic heterocycles. The number of carbonyl (C=O) groups is 3. The van der Waals surface area contributed by atoms with Crippen molar-refractivity contribution in [1.29, 1.82) is 0 Å². The molecule has 0 saturated heterocycles. The summed E-state index contributed by atoms with van der Waals surface area (Å²) in [4.78, 5) is 34.3. The summed E-state index contributed by atoms with van der Waals surface area (Å²) in [7, 11) is 0. The van der Waals surface area contributed by atoms with Gasteiger partial charge in [0, 0.05) is 23.7 Å². The molecular formula is C21H23IN2O5. The average molecular weight is 510 g/mol. The predicted octanol–water partition coefficient (Wildman–Crippen LogP) is 4.10. The van der Waals surface area contributed by atoms with E-state index in [1.54, 1.807) is 42.5 Å². The van der Waals surface area contributed by atoms with E-state index in [0.29, 0.717) is 24.3 Å². The lowest BCUT2D eigenvalue weighted by Crippen LogP contribution is -2.36. The lowest BCUT2D eigenvalue weighted by atomic mass is 10.0. The number of anilines is 1. The van der Waals surface area contributed by atoms with Crippen LogP contribution >= 0.6 is 22.6 Å². The number of carbonyl (C=O) groups excluding carboxylic acids is 2. The minimum atomic E-state index is -1.13. The van der Waals surface area contributed by atoms with Gasteiger partial charge in [-0.25, -0.2) is 4.79 Å². The smallest absolute Gasteiger partial charge is 0.409 e. The molecule has 0 heterocycles. The Bertz CT molecular complexity index is 855. The van der Waals surface area contributed by atoms with Crippen molar-refractivity contribution in [2.75, 3.05) is 11.9 Å². The van der Waals surface area contributed by atoms with Gasteiger partial charge in [0.1, 0.15) is 12.0 Å². The Hall–Kier alpha value is -2.62. The van der Waals surface area contributed by atoms with Crippen LogP contribution in [0.3, 0.4) is 0 Å². The number of halogens is 1. The van der Waals surface area contributed by atoms with E-state index in [0.717, 1.165) is 27.6 Å². The van der Waals surface area contributed by atoms with Crippen LogP contribution in [0.4, 0.5) is 10.5 Å². The molecule has 0 fully saturated rings. The zero-order chi connectivity index (χ0) is 21.2. The number of ether oxygens (including phenoxy) is 1. The third-order valence-corrected chi connectivity index (χ3v) is 4.90. The first kappa shape index (κ1) is 22.7. The average Bonchev–Trinajstić information content (AvgIpc) is 2.68. The zero-order valence-corrected chi connectivity index (χ0v) is 18.1. The van der Waals surface area contributed by atoms with Crippen LogP contribution in [0.5, 0.6) is 5.75 Å². The molecule has 0 radical (unpaired) electrons. The van der Waals surface area contributed by atoms with Gasteiger partial charge in [-0.3, -0.25) is 10.1 Å². The van der Waals surface area contributed by atoms with E-state index in [4.69, 9.17) is 9.84 Å². The lowest BCUT2D eigenvalue weighted by Gasteiger charge is -2.17. The second-order valence-corrected chi connectivity index (χ2v) is 7.56. The Morgan fingerprint density at radius 3 is 2.52 bits per heavy atom. The fourth-order valence-electron chi connectivity index (χ4n) is 2.68. The second kappa shape index (κ2) is 11.4. The Labute approximate surface area is 183 Å². The van der Waals surface area contributed by atoms with Gasteiger partial charge in [-0.2, -0.15) is 0 Å². The number of amides is 2. The van der Waals surface area contributed by atoms with Gasteiger partial charge in [-0.15, -0.1) is 0 Å². The normalized spacial score (nSPS) is 11.4. The van der Waals surface area contributed by atoms with Crippen molar-refractivity contribution in [3.8, 4) is 5.75 Å². The van der Waals surface area contributed by atoms with Crippen LogP contribution in [-0.2, 0) is 11.2 Å². The maximum absolute atomic E-state index is 12.6. The number of rotatable bonds is 10. The fraction of sp³-hybridized carbons (Fsp3) is 0.286. The summed E-state index contributed by atoms with van der Waals surface area (Å²) < 4.78 is 6.47. The molecule has 0 unspecified atom stereocenters. The van der Waals surface area contributed by atoms with E-state index in [-0.39, 0.29) is 18.4 Å². The highest BCUT2D eigenvalue weighted by molar-refractivity contribution is 14.1. The van der Waals surface area contributed by atoms with Gasteiger partial charge in [-0.05, 0) is 71.3 Å². The predicted molar refractivity (Wildman–Crippen MR) is 119 cm³/mol. The summed E-state index contributed by atoms with van der Waals surface area (Å²) in [5.41, 5.74) is 1.83. The SMILES string of the molecule is CCCOc1ccc(C(=O)N[C@H](CC=O)Cc2ccc(NC(=O)O)cc2)cc1I. The third kappa shape index (κ3) is 7.37. The number of nitrogens with one attached hydrogen (secondary N) is 2. The van der Waals surface area contributed by atoms with E-state index in [1.807, 2.05) is 6.92 Å². The summed E-state index contributed by atoms with van der Waals surface area (Å²) in [5.74, 6) is 0.476. The third-order valence-electron chi connectivity index (χ3n) is 4.06. The largest absolute Gasteiger partial charge is 0.492 e. The molecule has 2 rings (SSSR count). The van der Waals surface area contributed by atoms with Crippen molar-refractivity contribution < 1.29 is 24.2 Å². The van der Waals surface area contributed by atoms with Crippen LogP contribution in [-0.4, -0.2) is 36.0 Å². The monoisotopic (exact) mass is 510 g/mol. The molecule has 0 aliphatic carbocycles. The van der Waals surface area contributed by atoms with E-state index < -0.39 is 6.09 Å². The van der Waals surface area contributed by atoms with E-state index >= 15 is 0 Å².